The third-order valence-electron chi connectivity index (χ3n) is 2.51. The summed E-state index contributed by atoms with van der Waals surface area (Å²) in [5.74, 6) is 0.980. The summed E-state index contributed by atoms with van der Waals surface area (Å²) >= 11 is 6.03. The van der Waals surface area contributed by atoms with Gasteiger partial charge in [0.15, 0.2) is 0 Å². The molecule has 0 aliphatic rings. The van der Waals surface area contributed by atoms with Gasteiger partial charge in [-0.3, -0.25) is 4.98 Å². The van der Waals surface area contributed by atoms with E-state index >= 15 is 0 Å². The van der Waals surface area contributed by atoms with Gasteiger partial charge in [-0.25, -0.2) is 0 Å². The standard InChI is InChI=1S/C12H15ClN4O/c1-3-5-15-8(2)11-16-17-12(18-11)9-4-6-14-7-10(9)13/h4,6-8,15H,3,5H2,1-2H3. The van der Waals surface area contributed by atoms with Crippen LogP contribution in [0.5, 0.6) is 0 Å². The summed E-state index contributed by atoms with van der Waals surface area (Å²) in [5, 5.41) is 11.8. The Morgan fingerprint density at radius 3 is 3.00 bits per heavy atom. The van der Waals surface area contributed by atoms with Gasteiger partial charge in [0.05, 0.1) is 16.6 Å². The third-order valence-corrected chi connectivity index (χ3v) is 2.82. The summed E-state index contributed by atoms with van der Waals surface area (Å²) in [6.07, 6.45) is 4.25. The highest BCUT2D eigenvalue weighted by Crippen LogP contribution is 2.26. The molecule has 0 bridgehead atoms. The fraction of sp³-hybridized carbons (Fsp3) is 0.417. The lowest BCUT2D eigenvalue weighted by Crippen LogP contribution is -2.19. The molecule has 5 nitrogen and oxygen atoms in total. The van der Waals surface area contributed by atoms with E-state index in [1.165, 1.54) is 0 Å². The molecular weight excluding hydrogens is 252 g/mol. The average molecular weight is 267 g/mol. The van der Waals surface area contributed by atoms with Gasteiger partial charge in [0.2, 0.25) is 11.8 Å². The third kappa shape index (κ3) is 2.86. The predicted octanol–water partition coefficient (Wildman–Crippen LogP) is 2.85. The monoisotopic (exact) mass is 266 g/mol. The highest BCUT2D eigenvalue weighted by atomic mass is 35.5. The molecule has 2 aromatic heterocycles. The summed E-state index contributed by atoms with van der Waals surface area (Å²) in [7, 11) is 0. The zero-order valence-electron chi connectivity index (χ0n) is 10.4. The van der Waals surface area contributed by atoms with Crippen LogP contribution in [-0.4, -0.2) is 21.7 Å². The summed E-state index contributed by atoms with van der Waals surface area (Å²) in [4.78, 5) is 3.92. The Balaban J connectivity index is 2.18. The second kappa shape index (κ2) is 5.93. The maximum absolute atomic E-state index is 6.03. The first-order chi connectivity index (χ1) is 8.72. The van der Waals surface area contributed by atoms with Gasteiger partial charge in [-0.05, 0) is 26.0 Å². The molecule has 0 saturated heterocycles. The maximum atomic E-state index is 6.03. The lowest BCUT2D eigenvalue weighted by molar-refractivity contribution is 0.423. The number of rotatable bonds is 5. The average Bonchev–Trinajstić information content (AvgIpc) is 2.86. The number of pyridine rings is 1. The number of nitrogens with one attached hydrogen (secondary N) is 1. The van der Waals surface area contributed by atoms with Crippen LogP contribution in [0.1, 0.15) is 32.2 Å². The van der Waals surface area contributed by atoms with Gasteiger partial charge in [0.1, 0.15) is 0 Å². The zero-order valence-corrected chi connectivity index (χ0v) is 11.1. The topological polar surface area (TPSA) is 63.8 Å². The number of halogens is 1. The molecule has 0 aliphatic heterocycles. The highest BCUT2D eigenvalue weighted by molar-refractivity contribution is 6.32. The van der Waals surface area contributed by atoms with Crippen LogP contribution in [0.2, 0.25) is 5.02 Å². The molecule has 0 fully saturated rings. The fourth-order valence-corrected chi connectivity index (χ4v) is 1.72. The number of nitrogens with zero attached hydrogens (tertiary/aromatic N) is 3. The second-order valence-electron chi connectivity index (χ2n) is 3.98. The van der Waals surface area contributed by atoms with Crippen LogP contribution < -0.4 is 5.32 Å². The Bertz CT molecular complexity index is 514. The van der Waals surface area contributed by atoms with E-state index in [-0.39, 0.29) is 6.04 Å². The number of aromatic nitrogens is 3. The summed E-state index contributed by atoms with van der Waals surface area (Å²) in [6, 6.07) is 1.79. The van der Waals surface area contributed by atoms with Crippen molar-refractivity contribution in [3.8, 4) is 11.5 Å². The molecule has 2 rings (SSSR count). The first-order valence-corrected chi connectivity index (χ1v) is 6.26. The number of hydrogen-bond acceptors (Lipinski definition) is 5. The van der Waals surface area contributed by atoms with Crippen LogP contribution in [0.25, 0.3) is 11.5 Å². The van der Waals surface area contributed by atoms with E-state index in [0.29, 0.717) is 22.4 Å². The van der Waals surface area contributed by atoms with Crippen LogP contribution >= 0.6 is 11.6 Å². The molecule has 1 unspecified atom stereocenters. The normalized spacial score (nSPS) is 12.6. The molecule has 1 atom stereocenters. The van der Waals surface area contributed by atoms with E-state index < -0.39 is 0 Å². The molecule has 0 amide bonds. The van der Waals surface area contributed by atoms with E-state index in [4.69, 9.17) is 16.0 Å². The van der Waals surface area contributed by atoms with E-state index in [1.54, 1.807) is 18.5 Å². The van der Waals surface area contributed by atoms with Gasteiger partial charge in [0.25, 0.3) is 0 Å². The predicted molar refractivity (Wildman–Crippen MR) is 69.2 cm³/mol. The zero-order chi connectivity index (χ0) is 13.0. The van der Waals surface area contributed by atoms with E-state index in [0.717, 1.165) is 13.0 Å². The minimum absolute atomic E-state index is 0.0341. The first kappa shape index (κ1) is 13.0. The quantitative estimate of drug-likeness (QED) is 0.902. The van der Waals surface area contributed by atoms with Crippen molar-refractivity contribution in [2.24, 2.45) is 0 Å². The van der Waals surface area contributed by atoms with Crippen LogP contribution in [0.4, 0.5) is 0 Å². The largest absolute Gasteiger partial charge is 0.419 e. The van der Waals surface area contributed by atoms with E-state index in [9.17, 15) is 0 Å². The van der Waals surface area contributed by atoms with Crippen LogP contribution in [0, 0.1) is 0 Å². The molecular formula is C12H15ClN4O. The molecule has 2 heterocycles. The van der Waals surface area contributed by atoms with Crippen LogP contribution in [0.3, 0.4) is 0 Å². The molecule has 0 radical (unpaired) electrons. The maximum Gasteiger partial charge on any atom is 0.249 e. The van der Waals surface area contributed by atoms with Gasteiger partial charge in [-0.2, -0.15) is 0 Å². The van der Waals surface area contributed by atoms with Crippen molar-refractivity contribution >= 4 is 11.6 Å². The smallest absolute Gasteiger partial charge is 0.249 e. The van der Waals surface area contributed by atoms with Crippen molar-refractivity contribution in [1.29, 1.82) is 0 Å². The molecule has 0 aliphatic carbocycles. The Kier molecular flexibility index (Phi) is 4.28. The van der Waals surface area contributed by atoms with Crippen LogP contribution in [0.15, 0.2) is 22.9 Å². The summed E-state index contributed by atoms with van der Waals surface area (Å²) in [5.41, 5.74) is 0.702. The molecule has 96 valence electrons. The van der Waals surface area contributed by atoms with Crippen molar-refractivity contribution in [2.75, 3.05) is 6.54 Å². The van der Waals surface area contributed by atoms with Gasteiger partial charge in [-0.1, -0.05) is 18.5 Å². The Morgan fingerprint density at radius 2 is 2.28 bits per heavy atom. The second-order valence-corrected chi connectivity index (χ2v) is 4.38. The SMILES string of the molecule is CCCNC(C)c1nnc(-c2ccncc2Cl)o1. The first-order valence-electron chi connectivity index (χ1n) is 5.89. The Morgan fingerprint density at radius 1 is 1.44 bits per heavy atom. The highest BCUT2D eigenvalue weighted by Gasteiger charge is 2.15. The van der Waals surface area contributed by atoms with E-state index in [2.05, 4.69) is 27.4 Å². The van der Waals surface area contributed by atoms with Crippen molar-refractivity contribution in [3.63, 3.8) is 0 Å². The number of hydrogen-bond donors (Lipinski definition) is 1. The molecule has 0 aromatic carbocycles. The summed E-state index contributed by atoms with van der Waals surface area (Å²) in [6.45, 7) is 5.01. The minimum Gasteiger partial charge on any atom is -0.419 e. The van der Waals surface area contributed by atoms with Crippen molar-refractivity contribution in [2.45, 2.75) is 26.3 Å². The van der Waals surface area contributed by atoms with Crippen molar-refractivity contribution < 1.29 is 4.42 Å². The molecule has 18 heavy (non-hydrogen) atoms. The Labute approximate surface area is 111 Å². The molecule has 1 N–H and O–H groups in total. The fourth-order valence-electron chi connectivity index (χ4n) is 1.52. The molecule has 2 aromatic rings. The van der Waals surface area contributed by atoms with Gasteiger partial charge in [-0.15, -0.1) is 10.2 Å². The van der Waals surface area contributed by atoms with Crippen molar-refractivity contribution in [3.05, 3.63) is 29.4 Å². The van der Waals surface area contributed by atoms with Gasteiger partial charge < -0.3 is 9.73 Å². The molecule has 6 heteroatoms. The summed E-state index contributed by atoms with van der Waals surface area (Å²) < 4.78 is 5.61. The molecule has 0 spiro atoms. The minimum atomic E-state index is 0.0341. The van der Waals surface area contributed by atoms with Crippen molar-refractivity contribution in [1.82, 2.24) is 20.5 Å². The van der Waals surface area contributed by atoms with Gasteiger partial charge in [0, 0.05) is 12.4 Å². The van der Waals surface area contributed by atoms with Gasteiger partial charge >= 0.3 is 0 Å². The Hall–Kier alpha value is -1.46. The lowest BCUT2D eigenvalue weighted by Gasteiger charge is -2.07. The lowest BCUT2D eigenvalue weighted by atomic mass is 10.3. The molecule has 0 saturated carbocycles. The van der Waals surface area contributed by atoms with Crippen LogP contribution in [-0.2, 0) is 0 Å². The van der Waals surface area contributed by atoms with E-state index in [1.807, 2.05) is 6.92 Å².